The van der Waals surface area contributed by atoms with Crippen LogP contribution in [0.3, 0.4) is 0 Å². The number of aromatic nitrogens is 3. The van der Waals surface area contributed by atoms with Gasteiger partial charge in [0.05, 0.1) is 18.9 Å². The molecule has 0 atom stereocenters. The van der Waals surface area contributed by atoms with Crippen LogP contribution in [0.5, 0.6) is 5.75 Å². The number of nitrogens with zero attached hydrogens (tertiary/aromatic N) is 3. The second-order valence-corrected chi connectivity index (χ2v) is 3.27. The number of hydrogen-bond acceptors (Lipinski definition) is 4. The quantitative estimate of drug-likeness (QED) is 0.721. The molecule has 0 fully saturated rings. The van der Waals surface area contributed by atoms with Gasteiger partial charge in [0.15, 0.2) is 0 Å². The molecule has 0 spiro atoms. The second kappa shape index (κ2) is 4.14. The van der Waals surface area contributed by atoms with Crippen molar-refractivity contribution < 1.29 is 9.53 Å². The highest BCUT2D eigenvalue weighted by atomic mass is 16.5. The van der Waals surface area contributed by atoms with E-state index in [1.165, 1.54) is 18.0 Å². The number of aryl methyl sites for hydroxylation is 1. The van der Waals surface area contributed by atoms with Crippen molar-refractivity contribution in [2.45, 2.75) is 0 Å². The Morgan fingerprint density at radius 3 is 2.75 bits per heavy atom. The van der Waals surface area contributed by atoms with Crippen LogP contribution in [0.2, 0.25) is 0 Å². The first-order chi connectivity index (χ1) is 7.74. The van der Waals surface area contributed by atoms with Gasteiger partial charge in [-0.05, 0) is 12.1 Å². The van der Waals surface area contributed by atoms with Crippen molar-refractivity contribution in [1.29, 1.82) is 0 Å². The number of benzene rings is 1. The average Bonchev–Trinajstić information content (AvgIpc) is 2.74. The van der Waals surface area contributed by atoms with Gasteiger partial charge in [-0.3, -0.25) is 4.79 Å². The van der Waals surface area contributed by atoms with Crippen LogP contribution in [-0.4, -0.2) is 27.9 Å². The molecule has 0 radical (unpaired) electrons. The molecule has 0 aliphatic heterocycles. The van der Waals surface area contributed by atoms with Crippen molar-refractivity contribution in [2.24, 2.45) is 7.05 Å². The molecule has 0 aliphatic rings. The minimum Gasteiger partial charge on any atom is -0.496 e. The molecular formula is C11H11N3O2. The third-order valence-electron chi connectivity index (χ3n) is 2.30. The van der Waals surface area contributed by atoms with Gasteiger partial charge in [-0.2, -0.15) is 0 Å². The maximum atomic E-state index is 12.1. The number of ketones is 1. The minimum absolute atomic E-state index is 0.148. The van der Waals surface area contributed by atoms with Gasteiger partial charge in [-0.25, -0.2) is 4.68 Å². The summed E-state index contributed by atoms with van der Waals surface area (Å²) in [5.41, 5.74) is 0.944. The predicted molar refractivity (Wildman–Crippen MR) is 57.4 cm³/mol. The lowest BCUT2D eigenvalue weighted by Gasteiger charge is -2.06. The van der Waals surface area contributed by atoms with E-state index in [1.54, 1.807) is 25.2 Å². The molecule has 0 bridgehead atoms. The van der Waals surface area contributed by atoms with Crippen LogP contribution < -0.4 is 4.74 Å². The number of carbonyl (C=O) groups excluding carboxylic acids is 1. The summed E-state index contributed by atoms with van der Waals surface area (Å²) in [7, 11) is 3.21. The zero-order chi connectivity index (χ0) is 11.5. The fourth-order valence-electron chi connectivity index (χ4n) is 1.47. The number of ether oxygens (including phenoxy) is 1. The molecule has 0 saturated carbocycles. The first kappa shape index (κ1) is 10.4. The van der Waals surface area contributed by atoms with Crippen molar-refractivity contribution in [3.8, 4) is 5.75 Å². The average molecular weight is 217 g/mol. The molecule has 0 saturated heterocycles. The van der Waals surface area contributed by atoms with Crippen LogP contribution in [0, 0.1) is 0 Å². The molecule has 1 heterocycles. The Morgan fingerprint density at radius 1 is 1.38 bits per heavy atom. The molecule has 2 rings (SSSR count). The molecule has 0 amide bonds. The molecule has 0 unspecified atom stereocenters. The Balaban J connectivity index is 2.46. The Kier molecular flexibility index (Phi) is 2.68. The molecule has 2 aromatic rings. The summed E-state index contributed by atoms with van der Waals surface area (Å²) in [6.07, 6.45) is 1.44. The Hall–Kier alpha value is -2.17. The molecular weight excluding hydrogens is 206 g/mol. The fraction of sp³-hybridized carbons (Fsp3) is 0.182. The first-order valence-electron chi connectivity index (χ1n) is 4.76. The summed E-state index contributed by atoms with van der Waals surface area (Å²) < 4.78 is 6.57. The van der Waals surface area contributed by atoms with Crippen LogP contribution in [0.15, 0.2) is 30.5 Å². The van der Waals surface area contributed by atoms with Crippen LogP contribution in [-0.2, 0) is 7.05 Å². The topological polar surface area (TPSA) is 57.0 Å². The lowest BCUT2D eigenvalue weighted by atomic mass is 10.1. The highest BCUT2D eigenvalue weighted by molar-refractivity contribution is 6.09. The van der Waals surface area contributed by atoms with E-state index in [0.29, 0.717) is 17.0 Å². The van der Waals surface area contributed by atoms with Crippen molar-refractivity contribution in [2.75, 3.05) is 7.11 Å². The second-order valence-electron chi connectivity index (χ2n) is 3.27. The van der Waals surface area contributed by atoms with Crippen LogP contribution in [0.25, 0.3) is 0 Å². The zero-order valence-corrected chi connectivity index (χ0v) is 9.04. The van der Waals surface area contributed by atoms with Gasteiger partial charge >= 0.3 is 0 Å². The number of hydrogen-bond donors (Lipinski definition) is 0. The maximum absolute atomic E-state index is 12.1. The van der Waals surface area contributed by atoms with E-state index in [1.807, 2.05) is 6.07 Å². The Labute approximate surface area is 92.7 Å². The highest BCUT2D eigenvalue weighted by Crippen LogP contribution is 2.20. The van der Waals surface area contributed by atoms with Crippen molar-refractivity contribution in [1.82, 2.24) is 15.0 Å². The zero-order valence-electron chi connectivity index (χ0n) is 9.04. The lowest BCUT2D eigenvalue weighted by Crippen LogP contribution is -2.09. The van der Waals surface area contributed by atoms with Gasteiger partial charge in [0.2, 0.25) is 5.78 Å². The third-order valence-corrected chi connectivity index (χ3v) is 2.30. The monoisotopic (exact) mass is 217 g/mol. The molecule has 1 aromatic heterocycles. The highest BCUT2D eigenvalue weighted by Gasteiger charge is 2.17. The van der Waals surface area contributed by atoms with Gasteiger partial charge in [0.1, 0.15) is 11.4 Å². The lowest BCUT2D eigenvalue weighted by molar-refractivity contribution is 0.102. The van der Waals surface area contributed by atoms with Gasteiger partial charge in [-0.1, -0.05) is 17.3 Å². The van der Waals surface area contributed by atoms with E-state index < -0.39 is 0 Å². The van der Waals surface area contributed by atoms with Crippen LogP contribution >= 0.6 is 0 Å². The van der Waals surface area contributed by atoms with Crippen LogP contribution in [0.4, 0.5) is 0 Å². The van der Waals surface area contributed by atoms with Crippen molar-refractivity contribution in [3.63, 3.8) is 0 Å². The van der Waals surface area contributed by atoms with Crippen molar-refractivity contribution >= 4 is 5.78 Å². The summed E-state index contributed by atoms with van der Waals surface area (Å²) in [6, 6.07) is 7.07. The summed E-state index contributed by atoms with van der Waals surface area (Å²) in [5, 5.41) is 7.40. The fourth-order valence-corrected chi connectivity index (χ4v) is 1.47. The Morgan fingerprint density at radius 2 is 2.12 bits per heavy atom. The first-order valence-corrected chi connectivity index (χ1v) is 4.76. The minimum atomic E-state index is -0.148. The smallest absolute Gasteiger partial charge is 0.216 e. The number of methoxy groups -OCH3 is 1. The van der Waals surface area contributed by atoms with E-state index in [-0.39, 0.29) is 5.78 Å². The van der Waals surface area contributed by atoms with Gasteiger partial charge in [0.25, 0.3) is 0 Å². The molecule has 1 aromatic carbocycles. The molecule has 5 heteroatoms. The SMILES string of the molecule is COc1ccccc1C(=O)c1cnnn1C. The van der Waals surface area contributed by atoms with Gasteiger partial charge < -0.3 is 4.74 Å². The van der Waals surface area contributed by atoms with E-state index in [4.69, 9.17) is 4.74 Å². The van der Waals surface area contributed by atoms with Crippen LogP contribution in [0.1, 0.15) is 16.1 Å². The summed E-state index contributed by atoms with van der Waals surface area (Å²) in [5.74, 6) is 0.402. The largest absolute Gasteiger partial charge is 0.496 e. The molecule has 5 nitrogen and oxygen atoms in total. The molecule has 0 aliphatic carbocycles. The summed E-state index contributed by atoms with van der Waals surface area (Å²) in [4.78, 5) is 12.1. The molecule has 0 N–H and O–H groups in total. The normalized spacial score (nSPS) is 10.1. The third kappa shape index (κ3) is 1.67. The van der Waals surface area contributed by atoms with E-state index in [2.05, 4.69) is 10.3 Å². The standard InChI is InChI=1S/C11H11N3O2/c1-14-9(7-12-13-14)11(15)8-5-3-4-6-10(8)16-2/h3-7H,1-2H3. The van der Waals surface area contributed by atoms with E-state index in [0.717, 1.165) is 0 Å². The van der Waals surface area contributed by atoms with E-state index in [9.17, 15) is 4.79 Å². The summed E-state index contributed by atoms with van der Waals surface area (Å²) in [6.45, 7) is 0. The Bertz CT molecular complexity index is 519. The molecule has 16 heavy (non-hydrogen) atoms. The number of para-hydroxylation sites is 1. The van der Waals surface area contributed by atoms with Gasteiger partial charge in [0, 0.05) is 7.05 Å². The van der Waals surface area contributed by atoms with Crippen molar-refractivity contribution in [3.05, 3.63) is 41.7 Å². The molecule has 82 valence electrons. The number of rotatable bonds is 3. The van der Waals surface area contributed by atoms with E-state index >= 15 is 0 Å². The summed E-state index contributed by atoms with van der Waals surface area (Å²) >= 11 is 0. The van der Waals surface area contributed by atoms with Gasteiger partial charge in [-0.15, -0.1) is 5.10 Å². The number of carbonyl (C=O) groups is 1. The predicted octanol–water partition coefficient (Wildman–Crippen LogP) is 1.05. The maximum Gasteiger partial charge on any atom is 0.216 e.